The van der Waals surface area contributed by atoms with Gasteiger partial charge in [0.1, 0.15) is 12.4 Å². The molecule has 2 N–H and O–H groups in total. The lowest BCUT2D eigenvalue weighted by Gasteiger charge is -2.15. The SMILES string of the molecule is CC(CNS(=O)(=O)C(C)C)c1ccc(OCCNS(=O)(=O)C(C)C)cc1. The van der Waals surface area contributed by atoms with Crippen molar-refractivity contribution in [3.63, 3.8) is 0 Å². The zero-order valence-corrected chi connectivity index (χ0v) is 17.7. The molecule has 7 nitrogen and oxygen atoms in total. The molecule has 1 aromatic rings. The van der Waals surface area contributed by atoms with Gasteiger partial charge in [-0.05, 0) is 51.3 Å². The topological polar surface area (TPSA) is 102 Å². The fraction of sp³-hybridized carbons (Fsp3) is 0.647. The number of hydrogen-bond donors (Lipinski definition) is 2. The van der Waals surface area contributed by atoms with E-state index in [-0.39, 0.29) is 19.1 Å². The summed E-state index contributed by atoms with van der Waals surface area (Å²) in [5.41, 5.74) is 0.990. The molecule has 0 bridgehead atoms. The molecule has 1 unspecified atom stereocenters. The van der Waals surface area contributed by atoms with Gasteiger partial charge < -0.3 is 4.74 Å². The van der Waals surface area contributed by atoms with E-state index in [1.807, 2.05) is 19.1 Å². The molecule has 0 aliphatic heterocycles. The third kappa shape index (κ3) is 7.22. The van der Waals surface area contributed by atoms with E-state index in [2.05, 4.69) is 9.44 Å². The van der Waals surface area contributed by atoms with Crippen molar-refractivity contribution in [2.75, 3.05) is 19.7 Å². The first-order valence-corrected chi connectivity index (χ1v) is 11.7. The first-order valence-electron chi connectivity index (χ1n) is 8.65. The van der Waals surface area contributed by atoms with E-state index in [9.17, 15) is 16.8 Å². The van der Waals surface area contributed by atoms with E-state index in [1.165, 1.54) is 0 Å². The van der Waals surface area contributed by atoms with Crippen LogP contribution in [0.1, 0.15) is 46.1 Å². The van der Waals surface area contributed by atoms with Crippen molar-refractivity contribution < 1.29 is 21.6 Å². The Bertz CT molecular complexity index is 757. The molecule has 0 aromatic heterocycles. The van der Waals surface area contributed by atoms with E-state index in [4.69, 9.17) is 4.74 Å². The molecule has 1 atom stereocenters. The molecule has 26 heavy (non-hydrogen) atoms. The van der Waals surface area contributed by atoms with Crippen LogP contribution in [0.15, 0.2) is 24.3 Å². The highest BCUT2D eigenvalue weighted by Gasteiger charge is 2.17. The second kappa shape index (κ2) is 9.68. The van der Waals surface area contributed by atoms with Crippen molar-refractivity contribution in [1.82, 2.24) is 9.44 Å². The molecule has 1 aromatic carbocycles. The largest absolute Gasteiger partial charge is 0.492 e. The first kappa shape index (κ1) is 22.9. The Morgan fingerprint density at radius 2 is 1.35 bits per heavy atom. The Kier molecular flexibility index (Phi) is 8.52. The molecule has 0 aliphatic carbocycles. The van der Waals surface area contributed by atoms with Gasteiger partial charge in [0.15, 0.2) is 0 Å². The Hall–Kier alpha value is -1.16. The molecule has 0 saturated carbocycles. The van der Waals surface area contributed by atoms with Crippen LogP contribution in [-0.4, -0.2) is 47.0 Å². The Labute approximate surface area is 157 Å². The highest BCUT2D eigenvalue weighted by atomic mass is 32.2. The van der Waals surface area contributed by atoms with Crippen molar-refractivity contribution in [1.29, 1.82) is 0 Å². The molecule has 9 heteroatoms. The van der Waals surface area contributed by atoms with Gasteiger partial charge in [0.25, 0.3) is 0 Å². The van der Waals surface area contributed by atoms with Gasteiger partial charge in [-0.3, -0.25) is 0 Å². The van der Waals surface area contributed by atoms with E-state index >= 15 is 0 Å². The third-order valence-electron chi connectivity index (χ3n) is 3.96. The summed E-state index contributed by atoms with van der Waals surface area (Å²) in [6.07, 6.45) is 0. The molecular formula is C17H30N2O5S2. The quantitative estimate of drug-likeness (QED) is 0.546. The number of rotatable bonds is 11. The number of hydrogen-bond acceptors (Lipinski definition) is 5. The summed E-state index contributed by atoms with van der Waals surface area (Å²) >= 11 is 0. The highest BCUT2D eigenvalue weighted by Crippen LogP contribution is 2.19. The molecule has 0 aliphatic rings. The summed E-state index contributed by atoms with van der Waals surface area (Å²) in [6, 6.07) is 7.34. The second-order valence-corrected chi connectivity index (χ2v) is 11.4. The molecule has 150 valence electrons. The molecule has 0 saturated heterocycles. The summed E-state index contributed by atoms with van der Waals surface area (Å²) in [5.74, 6) is 0.655. The smallest absolute Gasteiger partial charge is 0.214 e. The van der Waals surface area contributed by atoms with E-state index in [0.717, 1.165) is 5.56 Å². The van der Waals surface area contributed by atoms with Crippen molar-refractivity contribution in [2.45, 2.75) is 51.0 Å². The van der Waals surface area contributed by atoms with E-state index in [0.29, 0.717) is 12.3 Å². The summed E-state index contributed by atoms with van der Waals surface area (Å²) in [7, 11) is -6.55. The van der Waals surface area contributed by atoms with Gasteiger partial charge in [-0.2, -0.15) is 0 Å². The number of benzene rings is 1. The minimum Gasteiger partial charge on any atom is -0.492 e. The van der Waals surface area contributed by atoms with Gasteiger partial charge in [-0.1, -0.05) is 19.1 Å². The van der Waals surface area contributed by atoms with Gasteiger partial charge in [0.05, 0.1) is 10.5 Å². The lowest BCUT2D eigenvalue weighted by Crippen LogP contribution is -2.33. The predicted molar refractivity (Wildman–Crippen MR) is 104 cm³/mol. The molecule has 1 rings (SSSR count). The molecule has 0 heterocycles. The monoisotopic (exact) mass is 406 g/mol. The zero-order chi connectivity index (χ0) is 20.0. The molecular weight excluding hydrogens is 376 g/mol. The van der Waals surface area contributed by atoms with Crippen LogP contribution in [0.3, 0.4) is 0 Å². The van der Waals surface area contributed by atoms with Crippen molar-refractivity contribution in [3.8, 4) is 5.75 Å². The number of sulfonamides is 2. The molecule has 0 fully saturated rings. The summed E-state index contributed by atoms with van der Waals surface area (Å²) in [4.78, 5) is 0. The normalized spacial score (nSPS) is 14.0. The second-order valence-electron chi connectivity index (χ2n) is 6.75. The molecule has 0 amide bonds. The average Bonchev–Trinajstić information content (AvgIpc) is 2.57. The summed E-state index contributed by atoms with van der Waals surface area (Å²) < 4.78 is 57.5. The van der Waals surface area contributed by atoms with Crippen LogP contribution in [-0.2, 0) is 20.0 Å². The summed E-state index contributed by atoms with van der Waals surface area (Å²) in [5, 5.41) is -0.935. The Morgan fingerprint density at radius 3 is 1.85 bits per heavy atom. The van der Waals surface area contributed by atoms with Crippen LogP contribution in [0.2, 0.25) is 0 Å². The van der Waals surface area contributed by atoms with Crippen LogP contribution in [0.4, 0.5) is 0 Å². The van der Waals surface area contributed by atoms with E-state index < -0.39 is 30.5 Å². The van der Waals surface area contributed by atoms with Gasteiger partial charge in [-0.15, -0.1) is 0 Å². The maximum Gasteiger partial charge on any atom is 0.214 e. The van der Waals surface area contributed by atoms with Crippen LogP contribution in [0, 0.1) is 0 Å². The van der Waals surface area contributed by atoms with Crippen molar-refractivity contribution in [2.24, 2.45) is 0 Å². The van der Waals surface area contributed by atoms with Gasteiger partial charge >= 0.3 is 0 Å². The first-order chi connectivity index (χ1) is 12.0. The van der Waals surface area contributed by atoms with Crippen LogP contribution in [0.25, 0.3) is 0 Å². The Balaban J connectivity index is 2.48. The van der Waals surface area contributed by atoms with Gasteiger partial charge in [0, 0.05) is 13.1 Å². The zero-order valence-electron chi connectivity index (χ0n) is 16.0. The average molecular weight is 407 g/mol. The van der Waals surface area contributed by atoms with Gasteiger partial charge in [-0.25, -0.2) is 26.3 Å². The maximum atomic E-state index is 11.8. The van der Waals surface area contributed by atoms with Crippen LogP contribution >= 0.6 is 0 Å². The maximum absolute atomic E-state index is 11.8. The van der Waals surface area contributed by atoms with Crippen molar-refractivity contribution in [3.05, 3.63) is 29.8 Å². The van der Waals surface area contributed by atoms with Crippen LogP contribution < -0.4 is 14.2 Å². The van der Waals surface area contributed by atoms with E-state index in [1.54, 1.807) is 39.8 Å². The van der Waals surface area contributed by atoms with Gasteiger partial charge in [0.2, 0.25) is 20.0 Å². The fourth-order valence-corrected chi connectivity index (χ4v) is 3.45. The predicted octanol–water partition coefficient (Wildman–Crippen LogP) is 1.82. The summed E-state index contributed by atoms with van der Waals surface area (Å²) in [6.45, 7) is 9.22. The minimum atomic E-state index is -3.28. The van der Waals surface area contributed by atoms with Crippen LogP contribution in [0.5, 0.6) is 5.75 Å². The fourth-order valence-electron chi connectivity index (χ4n) is 1.94. The number of ether oxygens (including phenoxy) is 1. The number of nitrogens with one attached hydrogen (secondary N) is 2. The third-order valence-corrected chi connectivity index (χ3v) is 7.61. The standard InChI is InChI=1S/C17H30N2O5S2/c1-13(2)25(20,21)18-10-11-24-17-8-6-16(7-9-17)15(5)12-19-26(22,23)14(3)4/h6-9,13-15,18-19H,10-12H2,1-5H3. The minimum absolute atomic E-state index is 0.0235. The lowest BCUT2D eigenvalue weighted by molar-refractivity contribution is 0.322. The van der Waals surface area contributed by atoms with Crippen molar-refractivity contribution >= 4 is 20.0 Å². The highest BCUT2D eigenvalue weighted by molar-refractivity contribution is 7.90. The molecule has 0 spiro atoms. The molecule has 0 radical (unpaired) electrons. The Morgan fingerprint density at radius 1 is 0.846 bits per heavy atom. The lowest BCUT2D eigenvalue weighted by atomic mass is 10.0.